The minimum atomic E-state index is -0.718. The number of pyridine rings is 1. The predicted octanol–water partition coefficient (Wildman–Crippen LogP) is 3.47. The lowest BCUT2D eigenvalue weighted by atomic mass is 10.1. The molecule has 1 nitrogen and oxygen atoms in total. The second kappa shape index (κ2) is 3.96. The largest absolute Gasteiger partial charge is 0.219 e. The molecule has 2 aromatic rings. The number of halogens is 3. The third-order valence-corrected chi connectivity index (χ3v) is 2.25. The summed E-state index contributed by atoms with van der Waals surface area (Å²) < 4.78 is 39.4. The Labute approximate surface area is 90.6 Å². The predicted molar refractivity (Wildman–Crippen MR) is 54.3 cm³/mol. The Balaban J connectivity index is 2.66. The Kier molecular flexibility index (Phi) is 2.64. The first-order chi connectivity index (χ1) is 7.58. The standard InChI is InChI=1S/C12H8F3N/c1-7-2-5-11(15)16-12(7)9-6-8(13)3-4-10(9)14/h2-6H,1H3. The van der Waals surface area contributed by atoms with E-state index in [0.29, 0.717) is 5.56 Å². The topological polar surface area (TPSA) is 12.9 Å². The molecule has 0 unspecified atom stereocenters. The fourth-order valence-electron chi connectivity index (χ4n) is 1.46. The second-order valence-corrected chi connectivity index (χ2v) is 3.42. The van der Waals surface area contributed by atoms with Crippen LogP contribution in [0.2, 0.25) is 0 Å². The Morgan fingerprint density at radius 2 is 1.75 bits per heavy atom. The number of benzene rings is 1. The summed E-state index contributed by atoms with van der Waals surface area (Å²) in [5.41, 5.74) is 0.680. The zero-order chi connectivity index (χ0) is 11.7. The highest BCUT2D eigenvalue weighted by Gasteiger charge is 2.11. The summed E-state index contributed by atoms with van der Waals surface area (Å²) in [6, 6.07) is 5.66. The number of nitrogens with zero attached hydrogens (tertiary/aromatic N) is 1. The van der Waals surface area contributed by atoms with Crippen LogP contribution in [0, 0.1) is 24.5 Å². The van der Waals surface area contributed by atoms with Gasteiger partial charge in [0.15, 0.2) is 0 Å². The average Bonchev–Trinajstić information content (AvgIpc) is 2.25. The number of hydrogen-bond acceptors (Lipinski definition) is 1. The third kappa shape index (κ3) is 1.91. The normalized spacial score (nSPS) is 10.5. The van der Waals surface area contributed by atoms with Gasteiger partial charge in [-0.25, -0.2) is 13.8 Å². The molecule has 1 heterocycles. The van der Waals surface area contributed by atoms with Crippen LogP contribution in [0.3, 0.4) is 0 Å². The van der Waals surface area contributed by atoms with Gasteiger partial charge in [-0.1, -0.05) is 6.07 Å². The van der Waals surface area contributed by atoms with Crippen molar-refractivity contribution in [2.24, 2.45) is 0 Å². The highest BCUT2D eigenvalue weighted by atomic mass is 19.1. The lowest BCUT2D eigenvalue weighted by molar-refractivity contribution is 0.581. The molecule has 1 aromatic heterocycles. The molecule has 0 aliphatic rings. The molecule has 0 N–H and O–H groups in total. The minimum absolute atomic E-state index is 0.0306. The van der Waals surface area contributed by atoms with E-state index < -0.39 is 17.6 Å². The molecule has 0 spiro atoms. The molecular formula is C12H8F3N. The smallest absolute Gasteiger partial charge is 0.213 e. The van der Waals surface area contributed by atoms with Crippen molar-refractivity contribution >= 4 is 0 Å². The van der Waals surface area contributed by atoms with Crippen LogP contribution in [0.25, 0.3) is 11.3 Å². The van der Waals surface area contributed by atoms with Crippen molar-refractivity contribution in [2.45, 2.75) is 6.92 Å². The van der Waals surface area contributed by atoms with Crippen LogP contribution in [0.5, 0.6) is 0 Å². The SMILES string of the molecule is Cc1ccc(F)nc1-c1cc(F)ccc1F. The van der Waals surface area contributed by atoms with Gasteiger partial charge in [0, 0.05) is 5.56 Å². The molecule has 0 radical (unpaired) electrons. The van der Waals surface area contributed by atoms with E-state index in [0.717, 1.165) is 18.2 Å². The molecule has 16 heavy (non-hydrogen) atoms. The maximum Gasteiger partial charge on any atom is 0.213 e. The van der Waals surface area contributed by atoms with Crippen LogP contribution in [-0.4, -0.2) is 4.98 Å². The van der Waals surface area contributed by atoms with Gasteiger partial charge in [-0.15, -0.1) is 0 Å². The molecule has 0 atom stereocenters. The summed E-state index contributed by atoms with van der Waals surface area (Å²) in [5.74, 6) is -1.92. The molecule has 0 amide bonds. The van der Waals surface area contributed by atoms with Crippen molar-refractivity contribution < 1.29 is 13.2 Å². The first-order valence-corrected chi connectivity index (χ1v) is 4.66. The Morgan fingerprint density at radius 3 is 2.50 bits per heavy atom. The van der Waals surface area contributed by atoms with Crippen LogP contribution in [0.4, 0.5) is 13.2 Å². The van der Waals surface area contributed by atoms with Gasteiger partial charge >= 0.3 is 0 Å². The molecule has 0 bridgehead atoms. The molecule has 4 heteroatoms. The van der Waals surface area contributed by atoms with E-state index in [9.17, 15) is 13.2 Å². The first kappa shape index (κ1) is 10.7. The zero-order valence-corrected chi connectivity index (χ0v) is 8.47. The van der Waals surface area contributed by atoms with Crippen molar-refractivity contribution in [3.63, 3.8) is 0 Å². The summed E-state index contributed by atoms with van der Waals surface area (Å²) >= 11 is 0. The van der Waals surface area contributed by atoms with Crippen molar-refractivity contribution in [3.8, 4) is 11.3 Å². The zero-order valence-electron chi connectivity index (χ0n) is 8.47. The highest BCUT2D eigenvalue weighted by Crippen LogP contribution is 2.24. The van der Waals surface area contributed by atoms with E-state index in [-0.39, 0.29) is 11.3 Å². The van der Waals surface area contributed by atoms with Crippen LogP contribution in [0.1, 0.15) is 5.56 Å². The summed E-state index contributed by atoms with van der Waals surface area (Å²) in [6.45, 7) is 1.66. The molecule has 0 aliphatic carbocycles. The van der Waals surface area contributed by atoms with Gasteiger partial charge in [-0.05, 0) is 36.8 Å². The van der Waals surface area contributed by atoms with Crippen LogP contribution in [-0.2, 0) is 0 Å². The van der Waals surface area contributed by atoms with E-state index in [1.807, 2.05) is 0 Å². The monoisotopic (exact) mass is 223 g/mol. The first-order valence-electron chi connectivity index (χ1n) is 4.66. The van der Waals surface area contributed by atoms with Crippen molar-refractivity contribution in [1.29, 1.82) is 0 Å². The quantitative estimate of drug-likeness (QED) is 0.674. The molecule has 0 aliphatic heterocycles. The molecular weight excluding hydrogens is 215 g/mol. The molecule has 82 valence electrons. The average molecular weight is 223 g/mol. The van der Waals surface area contributed by atoms with Gasteiger partial charge in [0.1, 0.15) is 11.6 Å². The fraction of sp³-hybridized carbons (Fsp3) is 0.0833. The van der Waals surface area contributed by atoms with Gasteiger partial charge in [0.2, 0.25) is 5.95 Å². The number of aryl methyl sites for hydroxylation is 1. The van der Waals surface area contributed by atoms with Gasteiger partial charge < -0.3 is 0 Å². The second-order valence-electron chi connectivity index (χ2n) is 3.42. The summed E-state index contributed by atoms with van der Waals surface area (Å²) in [5, 5.41) is 0. The maximum atomic E-state index is 13.4. The van der Waals surface area contributed by atoms with Gasteiger partial charge in [0.05, 0.1) is 5.69 Å². The van der Waals surface area contributed by atoms with Gasteiger partial charge in [0.25, 0.3) is 0 Å². The van der Waals surface area contributed by atoms with Crippen LogP contribution >= 0.6 is 0 Å². The molecule has 0 saturated carbocycles. The van der Waals surface area contributed by atoms with E-state index >= 15 is 0 Å². The fourth-order valence-corrected chi connectivity index (χ4v) is 1.46. The van der Waals surface area contributed by atoms with Crippen LogP contribution < -0.4 is 0 Å². The van der Waals surface area contributed by atoms with Crippen molar-refractivity contribution in [1.82, 2.24) is 4.98 Å². The van der Waals surface area contributed by atoms with E-state index in [1.54, 1.807) is 6.92 Å². The lowest BCUT2D eigenvalue weighted by Gasteiger charge is -2.06. The number of aromatic nitrogens is 1. The summed E-state index contributed by atoms with van der Waals surface area (Å²) in [7, 11) is 0. The van der Waals surface area contributed by atoms with E-state index in [4.69, 9.17) is 0 Å². The summed E-state index contributed by atoms with van der Waals surface area (Å²) in [4.78, 5) is 3.57. The van der Waals surface area contributed by atoms with Gasteiger partial charge in [-0.3, -0.25) is 0 Å². The Bertz CT molecular complexity index is 488. The highest BCUT2D eigenvalue weighted by molar-refractivity contribution is 5.63. The minimum Gasteiger partial charge on any atom is -0.219 e. The summed E-state index contributed by atoms with van der Waals surface area (Å²) in [6.07, 6.45) is 0. The Morgan fingerprint density at radius 1 is 1.00 bits per heavy atom. The maximum absolute atomic E-state index is 13.4. The van der Waals surface area contributed by atoms with Crippen molar-refractivity contribution in [2.75, 3.05) is 0 Å². The molecule has 0 saturated heterocycles. The van der Waals surface area contributed by atoms with Gasteiger partial charge in [-0.2, -0.15) is 4.39 Å². The molecule has 0 fully saturated rings. The number of rotatable bonds is 1. The lowest BCUT2D eigenvalue weighted by Crippen LogP contribution is -1.95. The van der Waals surface area contributed by atoms with Crippen molar-refractivity contribution in [3.05, 3.63) is 53.5 Å². The van der Waals surface area contributed by atoms with E-state index in [2.05, 4.69) is 4.98 Å². The Hall–Kier alpha value is -1.84. The third-order valence-electron chi connectivity index (χ3n) is 2.25. The number of hydrogen-bond donors (Lipinski definition) is 0. The van der Waals surface area contributed by atoms with E-state index in [1.165, 1.54) is 12.1 Å². The molecule has 2 rings (SSSR count). The molecule has 1 aromatic carbocycles. The van der Waals surface area contributed by atoms with Crippen LogP contribution in [0.15, 0.2) is 30.3 Å².